The maximum Gasteiger partial charge on any atom is 0.348 e. The van der Waals surface area contributed by atoms with Crippen molar-refractivity contribution in [1.82, 2.24) is 0 Å². The van der Waals surface area contributed by atoms with Crippen LogP contribution in [-0.2, 0) is 22.7 Å². The number of benzene rings is 2. The molecule has 9 heteroatoms. The Kier molecular flexibility index (Phi) is 5.24. The van der Waals surface area contributed by atoms with E-state index in [0.717, 1.165) is 5.56 Å². The summed E-state index contributed by atoms with van der Waals surface area (Å²) in [5.74, 6) is -0.837. The van der Waals surface area contributed by atoms with Crippen molar-refractivity contribution in [1.29, 1.82) is 0 Å². The number of carbonyl (C=O) groups is 1. The standard InChI is InChI=1S/C20H14FNO6S/c21-15-8-13(10-26-19(23)16-6-7-17(29-16)22(24)25)18-14(9-15)11-27-20(28-18)12-4-2-1-3-5-12/h1-9,20H,10-11H2/t20-/m1/s1. The van der Waals surface area contributed by atoms with Gasteiger partial charge in [0.05, 0.1) is 11.5 Å². The van der Waals surface area contributed by atoms with Crippen LogP contribution >= 0.6 is 11.3 Å². The zero-order valence-electron chi connectivity index (χ0n) is 14.9. The first-order valence-electron chi connectivity index (χ1n) is 8.57. The number of carbonyl (C=O) groups excluding carboxylic acids is 1. The molecule has 7 nitrogen and oxygen atoms in total. The highest BCUT2D eigenvalue weighted by atomic mass is 32.1. The lowest BCUT2D eigenvalue weighted by molar-refractivity contribution is -0.380. The Balaban J connectivity index is 1.53. The van der Waals surface area contributed by atoms with Crippen molar-refractivity contribution in [2.75, 3.05) is 0 Å². The lowest BCUT2D eigenvalue weighted by Gasteiger charge is -2.28. The molecule has 3 aromatic rings. The molecule has 4 rings (SSSR count). The van der Waals surface area contributed by atoms with Crippen molar-refractivity contribution in [2.24, 2.45) is 0 Å². The van der Waals surface area contributed by atoms with Crippen LogP contribution in [0.3, 0.4) is 0 Å². The minimum absolute atomic E-state index is 0.0911. The molecule has 0 saturated heterocycles. The molecule has 0 bridgehead atoms. The number of rotatable bonds is 5. The van der Waals surface area contributed by atoms with Gasteiger partial charge in [0.1, 0.15) is 23.1 Å². The normalized spacial score (nSPS) is 15.3. The number of esters is 1. The minimum Gasteiger partial charge on any atom is -0.460 e. The average molecular weight is 415 g/mol. The summed E-state index contributed by atoms with van der Waals surface area (Å²) < 4.78 is 30.8. The van der Waals surface area contributed by atoms with E-state index in [4.69, 9.17) is 14.2 Å². The molecule has 0 aliphatic carbocycles. The van der Waals surface area contributed by atoms with Crippen LogP contribution in [0.1, 0.15) is 32.7 Å². The van der Waals surface area contributed by atoms with E-state index in [1.807, 2.05) is 30.3 Å². The summed E-state index contributed by atoms with van der Waals surface area (Å²) >= 11 is 0.715. The van der Waals surface area contributed by atoms with Gasteiger partial charge in [0, 0.05) is 22.8 Å². The van der Waals surface area contributed by atoms with Gasteiger partial charge < -0.3 is 14.2 Å². The summed E-state index contributed by atoms with van der Waals surface area (Å²) in [4.78, 5) is 22.5. The largest absolute Gasteiger partial charge is 0.460 e. The van der Waals surface area contributed by atoms with Crippen LogP contribution in [0.2, 0.25) is 0 Å². The average Bonchev–Trinajstić information content (AvgIpc) is 3.23. The van der Waals surface area contributed by atoms with Crippen LogP contribution in [0.15, 0.2) is 54.6 Å². The quantitative estimate of drug-likeness (QED) is 0.339. The summed E-state index contributed by atoms with van der Waals surface area (Å²) in [6.07, 6.45) is -0.663. The van der Waals surface area contributed by atoms with Crippen LogP contribution < -0.4 is 4.74 Å². The van der Waals surface area contributed by atoms with E-state index in [-0.39, 0.29) is 23.1 Å². The molecule has 29 heavy (non-hydrogen) atoms. The second-order valence-corrected chi connectivity index (χ2v) is 7.26. The number of nitro groups is 1. The molecule has 1 aliphatic rings. The van der Waals surface area contributed by atoms with Gasteiger partial charge in [0.25, 0.3) is 0 Å². The Hall–Kier alpha value is -3.30. The SMILES string of the molecule is O=C(OCc1cc(F)cc2c1O[C@H](c1ccccc1)OC2)c1ccc([N+](=O)[O-])s1. The first kappa shape index (κ1) is 19.0. The van der Waals surface area contributed by atoms with Gasteiger partial charge in [-0.3, -0.25) is 10.1 Å². The smallest absolute Gasteiger partial charge is 0.348 e. The zero-order chi connectivity index (χ0) is 20.4. The Labute approximate surface area is 168 Å². The highest BCUT2D eigenvalue weighted by Gasteiger charge is 2.26. The van der Waals surface area contributed by atoms with E-state index in [1.165, 1.54) is 24.3 Å². The monoisotopic (exact) mass is 415 g/mol. The van der Waals surface area contributed by atoms with Crippen LogP contribution in [-0.4, -0.2) is 10.9 Å². The van der Waals surface area contributed by atoms with Gasteiger partial charge in [-0.15, -0.1) is 0 Å². The number of hydrogen-bond donors (Lipinski definition) is 0. The predicted molar refractivity (Wildman–Crippen MR) is 101 cm³/mol. The minimum atomic E-state index is -0.729. The fourth-order valence-electron chi connectivity index (χ4n) is 2.91. The van der Waals surface area contributed by atoms with Gasteiger partial charge in [-0.25, -0.2) is 9.18 Å². The van der Waals surface area contributed by atoms with E-state index < -0.39 is 23.0 Å². The molecule has 0 N–H and O–H groups in total. The van der Waals surface area contributed by atoms with Gasteiger partial charge in [-0.1, -0.05) is 41.7 Å². The molecule has 2 aromatic carbocycles. The molecular weight excluding hydrogens is 401 g/mol. The van der Waals surface area contributed by atoms with Crippen LogP contribution in [0.5, 0.6) is 5.75 Å². The Morgan fingerprint density at radius 1 is 1.24 bits per heavy atom. The van der Waals surface area contributed by atoms with Gasteiger partial charge in [0.15, 0.2) is 0 Å². The van der Waals surface area contributed by atoms with Crippen molar-refractivity contribution < 1.29 is 28.3 Å². The molecule has 0 saturated carbocycles. The van der Waals surface area contributed by atoms with E-state index >= 15 is 0 Å². The van der Waals surface area contributed by atoms with Gasteiger partial charge in [0.2, 0.25) is 6.29 Å². The lowest BCUT2D eigenvalue weighted by Crippen LogP contribution is -2.19. The molecule has 0 radical (unpaired) electrons. The van der Waals surface area contributed by atoms with E-state index in [9.17, 15) is 19.3 Å². The van der Waals surface area contributed by atoms with Crippen molar-refractivity contribution in [2.45, 2.75) is 19.5 Å². The predicted octanol–water partition coefficient (Wildman–Crippen LogP) is 4.76. The molecule has 0 spiro atoms. The second-order valence-electron chi connectivity index (χ2n) is 6.20. The fraction of sp³-hybridized carbons (Fsp3) is 0.150. The highest BCUT2D eigenvalue weighted by molar-refractivity contribution is 7.17. The molecular formula is C20H14FNO6S. The van der Waals surface area contributed by atoms with Crippen molar-refractivity contribution in [3.8, 4) is 5.75 Å². The molecule has 1 aromatic heterocycles. The first-order valence-corrected chi connectivity index (χ1v) is 9.39. The van der Waals surface area contributed by atoms with E-state index in [1.54, 1.807) is 0 Å². The topological polar surface area (TPSA) is 87.9 Å². The second kappa shape index (κ2) is 7.98. The number of ether oxygens (including phenoxy) is 3. The Bertz CT molecular complexity index is 1070. The molecule has 1 aliphatic heterocycles. The zero-order valence-corrected chi connectivity index (χ0v) is 15.7. The third kappa shape index (κ3) is 4.10. The molecule has 1 atom stereocenters. The number of nitrogens with zero attached hydrogens (tertiary/aromatic N) is 1. The van der Waals surface area contributed by atoms with Gasteiger partial charge >= 0.3 is 11.0 Å². The maximum atomic E-state index is 14.0. The Morgan fingerprint density at radius 3 is 2.76 bits per heavy atom. The van der Waals surface area contributed by atoms with Crippen molar-refractivity contribution in [3.05, 3.63) is 92.1 Å². The number of halogens is 1. The van der Waals surface area contributed by atoms with E-state index in [2.05, 4.69) is 0 Å². The Morgan fingerprint density at radius 2 is 2.03 bits per heavy atom. The molecule has 148 valence electrons. The number of thiophene rings is 1. The first-order chi connectivity index (χ1) is 14.0. The molecule has 0 fully saturated rings. The highest BCUT2D eigenvalue weighted by Crippen LogP contribution is 2.37. The fourth-order valence-corrected chi connectivity index (χ4v) is 3.62. The number of fused-ring (bicyclic) bond motifs is 1. The summed E-state index contributed by atoms with van der Waals surface area (Å²) in [5, 5.41) is 10.6. The third-order valence-corrected chi connectivity index (χ3v) is 5.24. The summed E-state index contributed by atoms with van der Waals surface area (Å²) in [7, 11) is 0. The molecule has 2 heterocycles. The van der Waals surface area contributed by atoms with Crippen LogP contribution in [0.25, 0.3) is 0 Å². The van der Waals surface area contributed by atoms with Crippen LogP contribution in [0, 0.1) is 15.9 Å². The van der Waals surface area contributed by atoms with Crippen molar-refractivity contribution >= 4 is 22.3 Å². The third-order valence-electron chi connectivity index (χ3n) is 4.23. The van der Waals surface area contributed by atoms with Gasteiger partial charge in [-0.05, 0) is 18.2 Å². The van der Waals surface area contributed by atoms with Crippen molar-refractivity contribution in [3.63, 3.8) is 0 Å². The number of hydrogen-bond acceptors (Lipinski definition) is 7. The summed E-state index contributed by atoms with van der Waals surface area (Å²) in [6, 6.07) is 14.4. The van der Waals surface area contributed by atoms with Gasteiger partial charge in [-0.2, -0.15) is 0 Å². The maximum absolute atomic E-state index is 14.0. The summed E-state index contributed by atoms with van der Waals surface area (Å²) in [5.41, 5.74) is 1.66. The molecule has 0 unspecified atom stereocenters. The summed E-state index contributed by atoms with van der Waals surface area (Å²) in [6.45, 7) is -0.100. The van der Waals surface area contributed by atoms with E-state index in [0.29, 0.717) is 28.2 Å². The molecule has 0 amide bonds. The van der Waals surface area contributed by atoms with Crippen LogP contribution in [0.4, 0.5) is 9.39 Å². The lowest BCUT2D eigenvalue weighted by atomic mass is 10.1.